The van der Waals surface area contributed by atoms with Crippen molar-refractivity contribution in [2.24, 2.45) is 0 Å². The van der Waals surface area contributed by atoms with E-state index in [2.05, 4.69) is 43.3 Å². The number of hydrogen-bond donors (Lipinski definition) is 4. The van der Waals surface area contributed by atoms with Crippen LogP contribution in [-0.2, 0) is 11.2 Å². The summed E-state index contributed by atoms with van der Waals surface area (Å²) < 4.78 is 5.77. The molecule has 4 N–H and O–H groups in total. The van der Waals surface area contributed by atoms with Gasteiger partial charge in [-0.05, 0) is 65.3 Å². The number of aliphatic hydroxyl groups is 4. The van der Waals surface area contributed by atoms with Crippen LogP contribution >= 0.6 is 11.8 Å². The zero-order chi connectivity index (χ0) is 21.3. The van der Waals surface area contributed by atoms with Crippen LogP contribution in [-0.4, -0.2) is 57.2 Å². The van der Waals surface area contributed by atoms with Gasteiger partial charge < -0.3 is 25.2 Å². The van der Waals surface area contributed by atoms with Gasteiger partial charge in [-0.1, -0.05) is 37.3 Å². The van der Waals surface area contributed by atoms with Crippen molar-refractivity contribution in [1.29, 1.82) is 0 Å². The molecule has 1 saturated carbocycles. The predicted molar refractivity (Wildman–Crippen MR) is 117 cm³/mol. The molecule has 2 aliphatic rings. The summed E-state index contributed by atoms with van der Waals surface area (Å²) in [6, 6.07) is 14.7. The highest BCUT2D eigenvalue weighted by Gasteiger charge is 2.44. The third kappa shape index (κ3) is 4.59. The average Bonchev–Trinajstić information content (AvgIpc) is 3.59. The van der Waals surface area contributed by atoms with Crippen LogP contribution in [0, 0.1) is 0 Å². The summed E-state index contributed by atoms with van der Waals surface area (Å²) in [6.07, 6.45) is -2.49. The third-order valence-electron chi connectivity index (χ3n) is 6.03. The van der Waals surface area contributed by atoms with Gasteiger partial charge in [-0.25, -0.2) is 0 Å². The fraction of sp³-hybridized carbons (Fsp3) is 0.500. The molecule has 0 radical (unpaired) electrons. The lowest BCUT2D eigenvalue weighted by Gasteiger charge is -2.40. The maximum absolute atomic E-state index is 10.5. The van der Waals surface area contributed by atoms with Crippen molar-refractivity contribution in [2.75, 3.05) is 12.4 Å². The molecule has 0 spiro atoms. The van der Waals surface area contributed by atoms with E-state index in [0.717, 1.165) is 17.7 Å². The molecule has 0 amide bonds. The SMILES string of the molecule is CCSc1ccc(Cc2cc([C@@H]3O[C@H](CO)[C@@H](O)[C@H](O)[C@H]3O)ccc2C2CC2)cc1. The molecule has 1 heterocycles. The van der Waals surface area contributed by atoms with E-state index in [4.69, 9.17) is 4.74 Å². The minimum absolute atomic E-state index is 0.420. The summed E-state index contributed by atoms with van der Waals surface area (Å²) >= 11 is 1.82. The molecule has 5 nitrogen and oxygen atoms in total. The average molecular weight is 431 g/mol. The van der Waals surface area contributed by atoms with E-state index in [-0.39, 0.29) is 0 Å². The van der Waals surface area contributed by atoms with E-state index < -0.39 is 37.1 Å². The first-order valence-electron chi connectivity index (χ1n) is 10.7. The fourth-order valence-electron chi connectivity index (χ4n) is 4.22. The summed E-state index contributed by atoms with van der Waals surface area (Å²) in [5.41, 5.74) is 4.51. The van der Waals surface area contributed by atoms with Crippen LogP contribution in [0.5, 0.6) is 0 Å². The van der Waals surface area contributed by atoms with Crippen LogP contribution in [0.15, 0.2) is 47.4 Å². The minimum Gasteiger partial charge on any atom is -0.394 e. The third-order valence-corrected chi connectivity index (χ3v) is 6.93. The Kier molecular flexibility index (Phi) is 6.82. The second kappa shape index (κ2) is 9.39. The summed E-state index contributed by atoms with van der Waals surface area (Å²) in [6.45, 7) is 1.72. The number of thioether (sulfide) groups is 1. The Balaban J connectivity index is 1.61. The molecule has 1 aliphatic carbocycles. The highest BCUT2D eigenvalue weighted by atomic mass is 32.2. The Labute approximate surface area is 181 Å². The zero-order valence-electron chi connectivity index (χ0n) is 17.1. The lowest BCUT2D eigenvalue weighted by molar-refractivity contribution is -0.231. The predicted octanol–water partition coefficient (Wildman–Crippen LogP) is 2.78. The van der Waals surface area contributed by atoms with Crippen molar-refractivity contribution >= 4 is 11.8 Å². The minimum atomic E-state index is -1.36. The summed E-state index contributed by atoms with van der Waals surface area (Å²) in [5.74, 6) is 1.63. The summed E-state index contributed by atoms with van der Waals surface area (Å²) in [7, 11) is 0. The van der Waals surface area contributed by atoms with Gasteiger partial charge in [-0.3, -0.25) is 0 Å². The van der Waals surface area contributed by atoms with Crippen molar-refractivity contribution in [1.82, 2.24) is 0 Å². The van der Waals surface area contributed by atoms with Gasteiger partial charge in [-0.2, -0.15) is 0 Å². The second-order valence-corrected chi connectivity index (χ2v) is 9.57. The van der Waals surface area contributed by atoms with Crippen molar-refractivity contribution in [3.05, 3.63) is 64.7 Å². The first-order chi connectivity index (χ1) is 14.5. The molecular formula is C24H30O5S. The molecule has 1 aliphatic heterocycles. The number of ether oxygens (including phenoxy) is 1. The molecule has 5 atom stereocenters. The maximum atomic E-state index is 10.5. The first-order valence-corrected chi connectivity index (χ1v) is 11.6. The Morgan fingerprint density at radius 2 is 1.70 bits per heavy atom. The Morgan fingerprint density at radius 3 is 2.33 bits per heavy atom. The van der Waals surface area contributed by atoms with Crippen LogP contribution in [0.2, 0.25) is 0 Å². The second-order valence-electron chi connectivity index (χ2n) is 8.24. The van der Waals surface area contributed by atoms with E-state index in [1.165, 1.54) is 34.4 Å². The van der Waals surface area contributed by atoms with Crippen molar-refractivity contribution < 1.29 is 25.2 Å². The van der Waals surface area contributed by atoms with Crippen LogP contribution in [0.25, 0.3) is 0 Å². The largest absolute Gasteiger partial charge is 0.394 e. The molecule has 30 heavy (non-hydrogen) atoms. The van der Waals surface area contributed by atoms with Crippen molar-refractivity contribution in [3.63, 3.8) is 0 Å². The lowest BCUT2D eigenvalue weighted by atomic mass is 9.88. The van der Waals surface area contributed by atoms with Gasteiger partial charge in [0.2, 0.25) is 0 Å². The highest BCUT2D eigenvalue weighted by molar-refractivity contribution is 7.99. The topological polar surface area (TPSA) is 90.2 Å². The lowest BCUT2D eigenvalue weighted by Crippen LogP contribution is -2.55. The van der Waals surface area contributed by atoms with E-state index in [1.54, 1.807) is 0 Å². The standard InChI is InChI=1S/C24H30O5S/c1-2-30-18-8-3-14(4-9-18)11-17-12-16(7-10-19(17)15-5-6-15)24-23(28)22(27)21(26)20(13-25)29-24/h3-4,7-10,12,15,20-28H,2,5-6,11,13H2,1H3/t20-,21-,22+,23-,24+/m1/s1. The van der Waals surface area contributed by atoms with Gasteiger partial charge in [0.25, 0.3) is 0 Å². The van der Waals surface area contributed by atoms with Crippen LogP contribution in [0.1, 0.15) is 54.0 Å². The van der Waals surface area contributed by atoms with Gasteiger partial charge in [0.05, 0.1) is 6.61 Å². The Morgan fingerprint density at radius 1 is 0.967 bits per heavy atom. The molecule has 2 aromatic rings. The van der Waals surface area contributed by atoms with Gasteiger partial charge in [0.1, 0.15) is 30.5 Å². The van der Waals surface area contributed by atoms with Crippen LogP contribution < -0.4 is 0 Å². The molecule has 0 unspecified atom stereocenters. The molecule has 162 valence electrons. The van der Waals surface area contributed by atoms with Crippen molar-refractivity contribution in [2.45, 2.75) is 67.5 Å². The Bertz CT molecular complexity index is 849. The number of rotatable bonds is 7. The van der Waals surface area contributed by atoms with Crippen molar-refractivity contribution in [3.8, 4) is 0 Å². The summed E-state index contributed by atoms with van der Waals surface area (Å²) in [4.78, 5) is 1.26. The normalized spacial score (nSPS) is 29.2. The van der Waals surface area contributed by atoms with E-state index in [1.807, 2.05) is 17.8 Å². The maximum Gasteiger partial charge on any atom is 0.113 e. The molecule has 0 bridgehead atoms. The number of aliphatic hydroxyl groups excluding tert-OH is 4. The number of hydrogen-bond acceptors (Lipinski definition) is 6. The van der Waals surface area contributed by atoms with Gasteiger partial charge in [-0.15, -0.1) is 11.8 Å². The molecule has 0 aromatic heterocycles. The van der Waals surface area contributed by atoms with Gasteiger partial charge >= 0.3 is 0 Å². The van der Waals surface area contributed by atoms with Gasteiger partial charge in [0.15, 0.2) is 0 Å². The molecule has 1 saturated heterocycles. The molecular weight excluding hydrogens is 400 g/mol. The van der Waals surface area contributed by atoms with Crippen LogP contribution in [0.4, 0.5) is 0 Å². The van der Waals surface area contributed by atoms with Crippen LogP contribution in [0.3, 0.4) is 0 Å². The highest BCUT2D eigenvalue weighted by Crippen LogP contribution is 2.43. The molecule has 4 rings (SSSR count). The molecule has 2 aromatic carbocycles. The fourth-order valence-corrected chi connectivity index (χ4v) is 4.88. The smallest absolute Gasteiger partial charge is 0.113 e. The van der Waals surface area contributed by atoms with E-state index in [9.17, 15) is 20.4 Å². The Hall–Kier alpha value is -1.41. The summed E-state index contributed by atoms with van der Waals surface area (Å²) in [5, 5.41) is 40.2. The van der Waals surface area contributed by atoms with E-state index >= 15 is 0 Å². The number of benzene rings is 2. The quantitative estimate of drug-likeness (QED) is 0.505. The first kappa shape index (κ1) is 21.8. The van der Waals surface area contributed by atoms with E-state index in [0.29, 0.717) is 5.92 Å². The zero-order valence-corrected chi connectivity index (χ0v) is 18.0. The molecule has 2 fully saturated rings. The molecule has 6 heteroatoms. The van der Waals surface area contributed by atoms with Gasteiger partial charge in [0, 0.05) is 4.90 Å². The monoisotopic (exact) mass is 430 g/mol.